The lowest BCUT2D eigenvalue weighted by molar-refractivity contribution is 0.178. The number of methoxy groups -OCH3 is 1. The maximum atomic E-state index is 10.6. The summed E-state index contributed by atoms with van der Waals surface area (Å²) in [5, 5.41) is 0. The number of nitrogens with one attached hydrogen (secondary N) is 1. The van der Waals surface area contributed by atoms with Crippen LogP contribution in [0.25, 0.3) is 0 Å². The summed E-state index contributed by atoms with van der Waals surface area (Å²) in [6.45, 7) is 0. The van der Waals surface area contributed by atoms with Crippen molar-refractivity contribution in [3.05, 3.63) is 30.3 Å². The van der Waals surface area contributed by atoms with E-state index in [1.54, 1.807) is 0 Å². The molecule has 0 atom stereocenters. The van der Waals surface area contributed by atoms with Crippen molar-refractivity contribution in [3.63, 3.8) is 0 Å². The smallest absolute Gasteiger partial charge is 0.417 e. The number of hydrogen-bond acceptors (Lipinski definition) is 3. The molecule has 4 heteroatoms. The average Bonchev–Trinajstić information content (AvgIpc) is 2.16. The van der Waals surface area contributed by atoms with Crippen LogP contribution in [0.4, 0.5) is 4.79 Å². The lowest BCUT2D eigenvalue weighted by Crippen LogP contribution is -2.14. The van der Waals surface area contributed by atoms with E-state index in [9.17, 15) is 4.79 Å². The van der Waals surface area contributed by atoms with Crippen molar-refractivity contribution in [2.45, 2.75) is 4.90 Å². The molecule has 0 aliphatic heterocycles. The summed E-state index contributed by atoms with van der Waals surface area (Å²) in [5.41, 5.74) is 0. The molecule has 1 aromatic rings. The Labute approximate surface area is 75.2 Å². The van der Waals surface area contributed by atoms with Crippen molar-refractivity contribution < 1.29 is 9.53 Å². The second-order valence-electron chi connectivity index (χ2n) is 2.01. The zero-order chi connectivity index (χ0) is 8.81. The third-order valence-corrected chi connectivity index (χ3v) is 1.96. The number of hydrogen-bond donors (Lipinski definition) is 1. The summed E-state index contributed by atoms with van der Waals surface area (Å²) in [6, 6.07) is 9.53. The van der Waals surface area contributed by atoms with Crippen LogP contribution in [-0.4, -0.2) is 13.2 Å². The highest BCUT2D eigenvalue weighted by Crippen LogP contribution is 2.12. The number of carbonyl (C=O) groups excluding carboxylic acids is 1. The lowest BCUT2D eigenvalue weighted by Gasteiger charge is -2.00. The van der Waals surface area contributed by atoms with Gasteiger partial charge in [-0.15, -0.1) is 0 Å². The Morgan fingerprint density at radius 1 is 1.42 bits per heavy atom. The minimum Gasteiger partial charge on any atom is -0.452 e. The normalized spacial score (nSPS) is 9.08. The van der Waals surface area contributed by atoms with Crippen molar-refractivity contribution >= 4 is 18.0 Å². The van der Waals surface area contributed by atoms with Gasteiger partial charge < -0.3 is 4.74 Å². The van der Waals surface area contributed by atoms with E-state index in [-0.39, 0.29) is 0 Å². The van der Waals surface area contributed by atoms with Gasteiger partial charge in [0.1, 0.15) is 0 Å². The summed E-state index contributed by atoms with van der Waals surface area (Å²) in [4.78, 5) is 11.6. The maximum Gasteiger partial charge on any atom is 0.417 e. The Morgan fingerprint density at radius 2 is 2.08 bits per heavy atom. The molecule has 0 heterocycles. The van der Waals surface area contributed by atoms with Crippen LogP contribution in [0.3, 0.4) is 0 Å². The first-order chi connectivity index (χ1) is 5.83. The topological polar surface area (TPSA) is 38.3 Å². The summed E-state index contributed by atoms with van der Waals surface area (Å²) in [6.07, 6.45) is -0.441. The third-order valence-electron chi connectivity index (χ3n) is 1.18. The molecule has 0 bridgehead atoms. The van der Waals surface area contributed by atoms with Crippen LogP contribution >= 0.6 is 11.9 Å². The largest absolute Gasteiger partial charge is 0.452 e. The van der Waals surface area contributed by atoms with Gasteiger partial charge >= 0.3 is 6.09 Å². The molecule has 0 saturated heterocycles. The molecule has 1 rings (SSSR count). The van der Waals surface area contributed by atoms with E-state index in [4.69, 9.17) is 0 Å². The molecule has 0 aliphatic rings. The van der Waals surface area contributed by atoms with Crippen LogP contribution in [0.5, 0.6) is 0 Å². The first-order valence-electron chi connectivity index (χ1n) is 3.39. The standard InChI is InChI=1S/C8H9NO2S/c1-11-8(10)9-12-7-5-3-2-4-6-7/h2-6H,1H3,(H,9,10). The van der Waals surface area contributed by atoms with Crippen LogP contribution in [0.2, 0.25) is 0 Å². The van der Waals surface area contributed by atoms with Crippen LogP contribution in [0.15, 0.2) is 35.2 Å². The summed E-state index contributed by atoms with van der Waals surface area (Å²) < 4.78 is 6.91. The lowest BCUT2D eigenvalue weighted by atomic mass is 10.4. The molecule has 0 aliphatic carbocycles. The summed E-state index contributed by atoms with van der Waals surface area (Å²) in [5.74, 6) is 0. The highest BCUT2D eigenvalue weighted by Gasteiger charge is 1.97. The molecule has 0 spiro atoms. The molecule has 1 amide bonds. The average molecular weight is 183 g/mol. The maximum absolute atomic E-state index is 10.6. The van der Waals surface area contributed by atoms with Crippen molar-refractivity contribution in [2.75, 3.05) is 7.11 Å². The van der Waals surface area contributed by atoms with Crippen molar-refractivity contribution in [1.82, 2.24) is 4.72 Å². The first kappa shape index (κ1) is 8.93. The predicted molar refractivity (Wildman–Crippen MR) is 47.8 cm³/mol. The molecule has 64 valence electrons. The van der Waals surface area contributed by atoms with Gasteiger partial charge in [-0.25, -0.2) is 4.79 Å². The molecule has 12 heavy (non-hydrogen) atoms. The SMILES string of the molecule is COC(=O)NSc1ccccc1. The van der Waals surface area contributed by atoms with Crippen molar-refractivity contribution in [3.8, 4) is 0 Å². The highest BCUT2D eigenvalue weighted by atomic mass is 32.2. The fraction of sp³-hybridized carbons (Fsp3) is 0.125. The molecule has 0 fully saturated rings. The number of benzene rings is 1. The van der Waals surface area contributed by atoms with Gasteiger partial charge in [0, 0.05) is 4.90 Å². The Morgan fingerprint density at radius 3 is 2.67 bits per heavy atom. The fourth-order valence-corrected chi connectivity index (χ4v) is 1.21. The van der Waals surface area contributed by atoms with Crippen LogP contribution in [0.1, 0.15) is 0 Å². The van der Waals surface area contributed by atoms with Gasteiger partial charge in [0.15, 0.2) is 0 Å². The van der Waals surface area contributed by atoms with E-state index in [0.717, 1.165) is 4.90 Å². The molecule has 3 nitrogen and oxygen atoms in total. The number of rotatable bonds is 2. The third kappa shape index (κ3) is 2.84. The molecular weight excluding hydrogens is 174 g/mol. The van der Waals surface area contributed by atoms with Crippen LogP contribution < -0.4 is 4.72 Å². The van der Waals surface area contributed by atoms with E-state index in [1.165, 1.54) is 19.1 Å². The molecule has 1 aromatic carbocycles. The van der Waals surface area contributed by atoms with Crippen LogP contribution in [-0.2, 0) is 4.74 Å². The number of carbonyl (C=O) groups is 1. The summed E-state index contributed by atoms with van der Waals surface area (Å²) >= 11 is 1.23. The Hall–Kier alpha value is -1.16. The second-order valence-corrected chi connectivity index (χ2v) is 2.89. The van der Waals surface area contributed by atoms with E-state index in [1.807, 2.05) is 30.3 Å². The zero-order valence-electron chi connectivity index (χ0n) is 6.61. The Kier molecular flexibility index (Phi) is 3.47. The minimum atomic E-state index is -0.441. The Balaban J connectivity index is 2.38. The molecule has 0 saturated carbocycles. The quantitative estimate of drug-likeness (QED) is 0.713. The molecule has 0 aromatic heterocycles. The first-order valence-corrected chi connectivity index (χ1v) is 4.20. The van der Waals surface area contributed by atoms with E-state index >= 15 is 0 Å². The van der Waals surface area contributed by atoms with E-state index < -0.39 is 6.09 Å². The minimum absolute atomic E-state index is 0.441. The van der Waals surface area contributed by atoms with Crippen molar-refractivity contribution in [1.29, 1.82) is 0 Å². The van der Waals surface area contributed by atoms with Gasteiger partial charge in [-0.1, -0.05) is 18.2 Å². The monoisotopic (exact) mass is 183 g/mol. The molecule has 0 unspecified atom stereocenters. The van der Waals surface area contributed by atoms with Gasteiger partial charge in [-0.05, 0) is 24.1 Å². The van der Waals surface area contributed by atoms with Gasteiger partial charge in [0.25, 0.3) is 0 Å². The molecule has 0 radical (unpaired) electrons. The molecular formula is C8H9NO2S. The van der Waals surface area contributed by atoms with Crippen LogP contribution in [0, 0.1) is 0 Å². The zero-order valence-corrected chi connectivity index (χ0v) is 7.43. The van der Waals surface area contributed by atoms with E-state index in [2.05, 4.69) is 9.46 Å². The van der Waals surface area contributed by atoms with Crippen molar-refractivity contribution in [2.24, 2.45) is 0 Å². The number of ether oxygens (including phenoxy) is 1. The Bertz CT molecular complexity index is 250. The van der Waals surface area contributed by atoms with Gasteiger partial charge in [0.2, 0.25) is 0 Å². The van der Waals surface area contributed by atoms with Gasteiger partial charge in [-0.3, -0.25) is 4.72 Å². The molecule has 1 N–H and O–H groups in total. The van der Waals surface area contributed by atoms with Gasteiger partial charge in [-0.2, -0.15) is 0 Å². The highest BCUT2D eigenvalue weighted by molar-refractivity contribution is 7.98. The second kappa shape index (κ2) is 4.66. The predicted octanol–water partition coefficient (Wildman–Crippen LogP) is 2.05. The van der Waals surface area contributed by atoms with E-state index in [0.29, 0.717) is 0 Å². The van der Waals surface area contributed by atoms with Gasteiger partial charge in [0.05, 0.1) is 7.11 Å². The fourth-order valence-electron chi connectivity index (χ4n) is 0.631. The summed E-state index contributed by atoms with van der Waals surface area (Å²) in [7, 11) is 1.33. The number of amides is 1.